The van der Waals surface area contributed by atoms with Crippen LogP contribution in [0, 0.1) is 0 Å². The summed E-state index contributed by atoms with van der Waals surface area (Å²) in [6.07, 6.45) is 0. The molecule has 0 aliphatic carbocycles. The van der Waals surface area contributed by atoms with Crippen LogP contribution in [0.5, 0.6) is 11.5 Å². The molecule has 3 aromatic rings. The van der Waals surface area contributed by atoms with Gasteiger partial charge in [0, 0.05) is 16.8 Å². The standard InChI is InChI=1S/C33H35NO7/c1-7-40-26-17-14-21(19-25(26)33(3,4)5)29(35)27-28(20-12-15-24(39-6)16-13-20)34(31(37)30(27)36)23-11-9-10-22(18-23)32(38)41-8-2/h9-19,28,35H,7-8H2,1-6H3/b29-27-. The Morgan fingerprint density at radius 2 is 1.63 bits per heavy atom. The highest BCUT2D eigenvalue weighted by molar-refractivity contribution is 6.51. The highest BCUT2D eigenvalue weighted by Crippen LogP contribution is 2.43. The predicted molar refractivity (Wildman–Crippen MR) is 156 cm³/mol. The zero-order valence-corrected chi connectivity index (χ0v) is 24.2. The molecule has 1 amide bonds. The number of nitrogens with zero attached hydrogens (tertiary/aromatic N) is 1. The van der Waals surface area contributed by atoms with Crippen molar-refractivity contribution in [3.8, 4) is 11.5 Å². The topological polar surface area (TPSA) is 102 Å². The minimum atomic E-state index is -0.969. The van der Waals surface area contributed by atoms with E-state index in [0.29, 0.717) is 34.9 Å². The fourth-order valence-electron chi connectivity index (χ4n) is 4.90. The van der Waals surface area contributed by atoms with Gasteiger partial charge < -0.3 is 19.3 Å². The number of esters is 1. The summed E-state index contributed by atoms with van der Waals surface area (Å²) in [5, 5.41) is 11.7. The number of carbonyl (C=O) groups is 3. The quantitative estimate of drug-likeness (QED) is 0.152. The zero-order valence-electron chi connectivity index (χ0n) is 24.2. The van der Waals surface area contributed by atoms with Gasteiger partial charge in [-0.25, -0.2) is 4.79 Å². The maximum absolute atomic E-state index is 13.6. The van der Waals surface area contributed by atoms with E-state index in [1.54, 1.807) is 74.7 Å². The van der Waals surface area contributed by atoms with E-state index in [4.69, 9.17) is 14.2 Å². The molecule has 4 rings (SSSR count). The molecule has 8 nitrogen and oxygen atoms in total. The predicted octanol–water partition coefficient (Wildman–Crippen LogP) is 6.19. The SMILES string of the molecule is CCOC(=O)c1cccc(N2C(=O)C(=O)/C(=C(\O)c3ccc(OCC)c(C(C)(C)C)c3)C2c2ccc(OC)cc2)c1. The number of aliphatic hydroxyl groups is 1. The van der Waals surface area contributed by atoms with Crippen molar-refractivity contribution in [3.05, 3.63) is 94.6 Å². The molecule has 1 atom stereocenters. The fourth-order valence-corrected chi connectivity index (χ4v) is 4.90. The molecule has 0 saturated carbocycles. The van der Waals surface area contributed by atoms with Crippen LogP contribution < -0.4 is 14.4 Å². The third-order valence-electron chi connectivity index (χ3n) is 6.87. The van der Waals surface area contributed by atoms with Crippen molar-refractivity contribution < 1.29 is 33.7 Å². The lowest BCUT2D eigenvalue weighted by atomic mass is 9.84. The van der Waals surface area contributed by atoms with E-state index in [1.807, 2.05) is 27.7 Å². The minimum Gasteiger partial charge on any atom is -0.507 e. The number of hydrogen-bond acceptors (Lipinski definition) is 7. The summed E-state index contributed by atoms with van der Waals surface area (Å²) >= 11 is 0. The molecular weight excluding hydrogens is 522 g/mol. The van der Waals surface area contributed by atoms with Gasteiger partial charge in [0.15, 0.2) is 0 Å². The Balaban J connectivity index is 1.93. The Morgan fingerprint density at radius 1 is 0.927 bits per heavy atom. The van der Waals surface area contributed by atoms with Crippen LogP contribution in [0.3, 0.4) is 0 Å². The number of anilines is 1. The average Bonchev–Trinajstić information content (AvgIpc) is 3.22. The molecule has 41 heavy (non-hydrogen) atoms. The van der Waals surface area contributed by atoms with Gasteiger partial charge >= 0.3 is 5.97 Å². The molecule has 1 fully saturated rings. The third-order valence-corrected chi connectivity index (χ3v) is 6.87. The zero-order chi connectivity index (χ0) is 29.9. The lowest BCUT2D eigenvalue weighted by molar-refractivity contribution is -0.132. The number of rotatable bonds is 8. The van der Waals surface area contributed by atoms with Gasteiger partial charge in [0.2, 0.25) is 0 Å². The number of amides is 1. The maximum atomic E-state index is 13.6. The summed E-state index contributed by atoms with van der Waals surface area (Å²) in [5.74, 6) is -1.24. The second-order valence-electron chi connectivity index (χ2n) is 10.6. The van der Waals surface area contributed by atoms with Crippen molar-refractivity contribution in [1.82, 2.24) is 0 Å². The minimum absolute atomic E-state index is 0.0641. The number of Topliss-reactive ketones (excluding diaryl/α,β-unsaturated/α-hetero) is 1. The van der Waals surface area contributed by atoms with E-state index in [9.17, 15) is 19.5 Å². The molecule has 1 N–H and O–H groups in total. The van der Waals surface area contributed by atoms with Crippen LogP contribution in [0.1, 0.15) is 67.7 Å². The molecule has 1 saturated heterocycles. The number of hydrogen-bond donors (Lipinski definition) is 1. The normalized spacial score (nSPS) is 16.5. The molecule has 1 heterocycles. The molecule has 1 unspecified atom stereocenters. The fraction of sp³-hybridized carbons (Fsp3) is 0.303. The Kier molecular flexibility index (Phi) is 8.52. The highest BCUT2D eigenvalue weighted by atomic mass is 16.5. The van der Waals surface area contributed by atoms with Crippen LogP contribution >= 0.6 is 0 Å². The summed E-state index contributed by atoms with van der Waals surface area (Å²) in [6.45, 7) is 10.4. The molecule has 8 heteroatoms. The Hall–Kier alpha value is -4.59. The first kappa shape index (κ1) is 29.4. The van der Waals surface area contributed by atoms with Gasteiger partial charge in [-0.2, -0.15) is 0 Å². The number of ketones is 1. The van der Waals surface area contributed by atoms with Crippen LogP contribution in [-0.4, -0.2) is 43.1 Å². The van der Waals surface area contributed by atoms with E-state index in [2.05, 4.69) is 0 Å². The Bertz CT molecular complexity index is 1500. The van der Waals surface area contributed by atoms with Gasteiger partial charge in [-0.3, -0.25) is 14.5 Å². The van der Waals surface area contributed by atoms with Crippen molar-refractivity contribution in [1.29, 1.82) is 0 Å². The number of ether oxygens (including phenoxy) is 3. The molecule has 0 spiro atoms. The first-order valence-corrected chi connectivity index (χ1v) is 13.5. The van der Waals surface area contributed by atoms with E-state index in [1.165, 1.54) is 11.0 Å². The molecule has 1 aliphatic rings. The van der Waals surface area contributed by atoms with Crippen LogP contribution in [0.4, 0.5) is 5.69 Å². The largest absolute Gasteiger partial charge is 0.507 e. The van der Waals surface area contributed by atoms with E-state index >= 15 is 0 Å². The number of aliphatic hydroxyl groups excluding tert-OH is 1. The van der Waals surface area contributed by atoms with Crippen molar-refractivity contribution in [2.45, 2.75) is 46.1 Å². The number of methoxy groups -OCH3 is 1. The number of carbonyl (C=O) groups excluding carboxylic acids is 3. The van der Waals surface area contributed by atoms with E-state index in [-0.39, 0.29) is 28.9 Å². The third kappa shape index (κ3) is 5.82. The lowest BCUT2D eigenvalue weighted by Crippen LogP contribution is -2.29. The Morgan fingerprint density at radius 3 is 2.24 bits per heavy atom. The second-order valence-corrected chi connectivity index (χ2v) is 10.6. The van der Waals surface area contributed by atoms with Crippen LogP contribution in [-0.2, 0) is 19.7 Å². The van der Waals surface area contributed by atoms with Crippen molar-refractivity contribution in [2.75, 3.05) is 25.2 Å². The summed E-state index contributed by atoms with van der Waals surface area (Å²) in [5.41, 5.74) is 1.98. The summed E-state index contributed by atoms with van der Waals surface area (Å²) in [4.78, 5) is 41.0. The van der Waals surface area contributed by atoms with E-state index in [0.717, 1.165) is 5.56 Å². The van der Waals surface area contributed by atoms with Crippen molar-refractivity contribution in [3.63, 3.8) is 0 Å². The van der Waals surface area contributed by atoms with Crippen molar-refractivity contribution >= 4 is 29.1 Å². The van der Waals surface area contributed by atoms with Gasteiger partial charge in [0.05, 0.1) is 37.5 Å². The van der Waals surface area contributed by atoms with Gasteiger partial charge in [-0.15, -0.1) is 0 Å². The molecule has 0 radical (unpaired) electrons. The maximum Gasteiger partial charge on any atom is 0.338 e. The molecule has 0 bridgehead atoms. The van der Waals surface area contributed by atoms with Gasteiger partial charge in [-0.1, -0.05) is 39.0 Å². The highest BCUT2D eigenvalue weighted by Gasteiger charge is 2.47. The van der Waals surface area contributed by atoms with Gasteiger partial charge in [0.1, 0.15) is 17.3 Å². The average molecular weight is 558 g/mol. The molecule has 214 valence electrons. The van der Waals surface area contributed by atoms with Crippen LogP contribution in [0.2, 0.25) is 0 Å². The van der Waals surface area contributed by atoms with Crippen LogP contribution in [0.25, 0.3) is 5.76 Å². The second kappa shape index (κ2) is 11.9. The summed E-state index contributed by atoms with van der Waals surface area (Å²) in [7, 11) is 1.54. The summed E-state index contributed by atoms with van der Waals surface area (Å²) in [6, 6.07) is 17.5. The molecular formula is C33H35NO7. The summed E-state index contributed by atoms with van der Waals surface area (Å²) < 4.78 is 16.2. The first-order valence-electron chi connectivity index (χ1n) is 13.5. The Labute approximate surface area is 240 Å². The van der Waals surface area contributed by atoms with Gasteiger partial charge in [-0.05, 0) is 73.4 Å². The van der Waals surface area contributed by atoms with Crippen LogP contribution in [0.15, 0.2) is 72.3 Å². The van der Waals surface area contributed by atoms with Crippen molar-refractivity contribution in [2.24, 2.45) is 0 Å². The smallest absolute Gasteiger partial charge is 0.338 e. The molecule has 1 aliphatic heterocycles. The van der Waals surface area contributed by atoms with Gasteiger partial charge in [0.25, 0.3) is 11.7 Å². The first-order chi connectivity index (χ1) is 19.5. The monoisotopic (exact) mass is 557 g/mol. The number of benzene rings is 3. The molecule has 3 aromatic carbocycles. The van der Waals surface area contributed by atoms with E-state index < -0.39 is 23.7 Å². The lowest BCUT2D eigenvalue weighted by Gasteiger charge is -2.26. The molecule has 0 aromatic heterocycles.